The Morgan fingerprint density at radius 3 is 2.12 bits per heavy atom. The maximum atomic E-state index is 3.26. The van der Waals surface area contributed by atoms with Gasteiger partial charge in [0.25, 0.3) is 0 Å². The SMILES string of the molecule is CSC1NCCN1.I. The highest BCUT2D eigenvalue weighted by atomic mass is 127. The molecule has 1 aliphatic heterocycles. The molecule has 0 atom stereocenters. The number of halogens is 1. The summed E-state index contributed by atoms with van der Waals surface area (Å²) in [5.41, 5.74) is 0.514. The molecule has 2 nitrogen and oxygen atoms in total. The summed E-state index contributed by atoms with van der Waals surface area (Å²) in [6, 6.07) is 0. The van der Waals surface area contributed by atoms with Crippen LogP contribution in [-0.2, 0) is 0 Å². The van der Waals surface area contributed by atoms with Gasteiger partial charge in [0.2, 0.25) is 0 Å². The summed E-state index contributed by atoms with van der Waals surface area (Å²) in [4.78, 5) is 0. The number of hydrogen-bond acceptors (Lipinski definition) is 3. The first-order valence-corrected chi connectivity index (χ1v) is 3.72. The summed E-state index contributed by atoms with van der Waals surface area (Å²) < 4.78 is 0. The molecule has 8 heavy (non-hydrogen) atoms. The average Bonchev–Trinajstić information content (AvgIpc) is 2.14. The molecule has 0 aromatic carbocycles. The number of thioether (sulfide) groups is 1. The van der Waals surface area contributed by atoms with Gasteiger partial charge in [-0.1, -0.05) is 0 Å². The number of rotatable bonds is 1. The third kappa shape index (κ3) is 2.52. The molecule has 0 radical (unpaired) electrons. The predicted octanol–water partition coefficient (Wildman–Crippen LogP) is 0.444. The molecule has 1 fully saturated rings. The summed E-state index contributed by atoms with van der Waals surface area (Å²) in [7, 11) is 0. The summed E-state index contributed by atoms with van der Waals surface area (Å²) in [6.07, 6.45) is 2.09. The molecule has 0 aromatic rings. The largest absolute Gasteiger partial charge is 0.292 e. The van der Waals surface area contributed by atoms with E-state index < -0.39 is 0 Å². The van der Waals surface area contributed by atoms with E-state index in [-0.39, 0.29) is 24.0 Å². The lowest BCUT2D eigenvalue weighted by atomic mass is 10.7. The second-order valence-electron chi connectivity index (χ2n) is 1.52. The Morgan fingerprint density at radius 2 is 1.88 bits per heavy atom. The smallest absolute Gasteiger partial charge is 0.105 e. The van der Waals surface area contributed by atoms with Gasteiger partial charge in [-0.05, 0) is 6.26 Å². The molecule has 0 unspecified atom stereocenters. The lowest BCUT2D eigenvalue weighted by Gasteiger charge is -2.03. The van der Waals surface area contributed by atoms with Crippen molar-refractivity contribution in [3.63, 3.8) is 0 Å². The molecule has 0 aliphatic carbocycles. The molecule has 50 valence electrons. The summed E-state index contributed by atoms with van der Waals surface area (Å²) in [6.45, 7) is 2.23. The molecule has 0 aromatic heterocycles. The summed E-state index contributed by atoms with van der Waals surface area (Å²) in [5, 5.41) is 6.52. The highest BCUT2D eigenvalue weighted by molar-refractivity contribution is 14.0. The Balaban J connectivity index is 0.000000490. The van der Waals surface area contributed by atoms with Crippen LogP contribution in [-0.4, -0.2) is 24.8 Å². The number of nitrogens with one attached hydrogen (secondary N) is 2. The Hall–Kier alpha value is 1.00. The maximum absolute atomic E-state index is 3.26. The van der Waals surface area contributed by atoms with Crippen LogP contribution in [0.2, 0.25) is 0 Å². The average molecular weight is 246 g/mol. The highest BCUT2D eigenvalue weighted by Gasteiger charge is 2.08. The van der Waals surface area contributed by atoms with E-state index in [1.807, 2.05) is 11.8 Å². The first-order valence-electron chi connectivity index (χ1n) is 2.43. The van der Waals surface area contributed by atoms with Gasteiger partial charge in [-0.25, -0.2) is 0 Å². The molecule has 1 aliphatic rings. The van der Waals surface area contributed by atoms with Crippen LogP contribution in [0.15, 0.2) is 0 Å². The van der Waals surface area contributed by atoms with Crippen molar-refractivity contribution in [3.8, 4) is 0 Å². The maximum Gasteiger partial charge on any atom is 0.105 e. The summed E-state index contributed by atoms with van der Waals surface area (Å²) >= 11 is 1.81. The Bertz CT molecular complexity index is 56.0. The van der Waals surface area contributed by atoms with Gasteiger partial charge in [0.05, 0.1) is 0 Å². The predicted molar refractivity (Wildman–Crippen MR) is 48.7 cm³/mol. The third-order valence-electron chi connectivity index (χ3n) is 1.02. The van der Waals surface area contributed by atoms with E-state index in [2.05, 4.69) is 16.9 Å². The molecule has 1 heterocycles. The fourth-order valence-electron chi connectivity index (χ4n) is 0.645. The van der Waals surface area contributed by atoms with Crippen molar-refractivity contribution < 1.29 is 0 Å². The first-order chi connectivity index (χ1) is 3.43. The fraction of sp³-hybridized carbons (Fsp3) is 1.00. The molecular formula is C4H11IN2S. The van der Waals surface area contributed by atoms with Crippen LogP contribution in [0.4, 0.5) is 0 Å². The van der Waals surface area contributed by atoms with Crippen LogP contribution in [0, 0.1) is 0 Å². The quantitative estimate of drug-likeness (QED) is 0.657. The minimum absolute atomic E-state index is 0. The Labute approximate surface area is 71.2 Å². The van der Waals surface area contributed by atoms with Crippen molar-refractivity contribution >= 4 is 35.7 Å². The fourth-order valence-corrected chi connectivity index (χ4v) is 1.21. The van der Waals surface area contributed by atoms with Gasteiger partial charge >= 0.3 is 0 Å². The molecule has 1 rings (SSSR count). The van der Waals surface area contributed by atoms with E-state index in [9.17, 15) is 0 Å². The first kappa shape index (κ1) is 9.00. The van der Waals surface area contributed by atoms with Crippen molar-refractivity contribution in [2.75, 3.05) is 19.3 Å². The van der Waals surface area contributed by atoms with Crippen LogP contribution in [0.3, 0.4) is 0 Å². The molecule has 0 saturated carbocycles. The van der Waals surface area contributed by atoms with Crippen LogP contribution in [0.5, 0.6) is 0 Å². The van der Waals surface area contributed by atoms with Gasteiger partial charge in [-0.15, -0.1) is 35.7 Å². The van der Waals surface area contributed by atoms with E-state index in [1.165, 1.54) is 0 Å². The third-order valence-corrected chi connectivity index (χ3v) is 1.82. The van der Waals surface area contributed by atoms with Gasteiger partial charge in [0, 0.05) is 13.1 Å². The van der Waals surface area contributed by atoms with Crippen LogP contribution in [0.1, 0.15) is 0 Å². The molecule has 4 heteroatoms. The van der Waals surface area contributed by atoms with Crippen molar-refractivity contribution in [1.82, 2.24) is 10.6 Å². The zero-order valence-corrected chi connectivity index (χ0v) is 7.95. The minimum Gasteiger partial charge on any atom is -0.292 e. The Morgan fingerprint density at radius 1 is 1.38 bits per heavy atom. The van der Waals surface area contributed by atoms with Crippen LogP contribution < -0.4 is 10.6 Å². The normalized spacial score (nSPS) is 20.6. The zero-order valence-electron chi connectivity index (χ0n) is 4.81. The van der Waals surface area contributed by atoms with Gasteiger partial charge in [-0.2, -0.15) is 0 Å². The highest BCUT2D eigenvalue weighted by Crippen LogP contribution is 2.00. The molecular weight excluding hydrogens is 235 g/mol. The van der Waals surface area contributed by atoms with Crippen molar-refractivity contribution in [2.24, 2.45) is 0 Å². The minimum atomic E-state index is 0. The van der Waals surface area contributed by atoms with Crippen molar-refractivity contribution in [3.05, 3.63) is 0 Å². The number of hydrogen-bond donors (Lipinski definition) is 2. The molecule has 0 spiro atoms. The topological polar surface area (TPSA) is 24.1 Å². The lowest BCUT2D eigenvalue weighted by Crippen LogP contribution is -2.26. The second-order valence-corrected chi connectivity index (χ2v) is 2.47. The Kier molecular flexibility index (Phi) is 5.44. The van der Waals surface area contributed by atoms with E-state index >= 15 is 0 Å². The van der Waals surface area contributed by atoms with Crippen LogP contribution in [0.25, 0.3) is 0 Å². The van der Waals surface area contributed by atoms with Crippen molar-refractivity contribution in [2.45, 2.75) is 5.50 Å². The monoisotopic (exact) mass is 246 g/mol. The van der Waals surface area contributed by atoms with E-state index in [1.54, 1.807) is 0 Å². The van der Waals surface area contributed by atoms with Gasteiger partial charge in [-0.3, -0.25) is 10.6 Å². The van der Waals surface area contributed by atoms with Gasteiger partial charge < -0.3 is 0 Å². The van der Waals surface area contributed by atoms with Crippen LogP contribution >= 0.6 is 35.7 Å². The molecule has 1 saturated heterocycles. The lowest BCUT2D eigenvalue weighted by molar-refractivity contribution is 0.747. The van der Waals surface area contributed by atoms with E-state index in [4.69, 9.17) is 0 Å². The summed E-state index contributed by atoms with van der Waals surface area (Å²) in [5.74, 6) is 0. The molecule has 0 amide bonds. The molecule has 2 N–H and O–H groups in total. The zero-order chi connectivity index (χ0) is 5.11. The van der Waals surface area contributed by atoms with E-state index in [0.717, 1.165) is 13.1 Å². The molecule has 0 bridgehead atoms. The van der Waals surface area contributed by atoms with E-state index in [0.29, 0.717) is 5.50 Å². The van der Waals surface area contributed by atoms with Gasteiger partial charge in [0.1, 0.15) is 5.50 Å². The van der Waals surface area contributed by atoms with Crippen molar-refractivity contribution in [1.29, 1.82) is 0 Å². The second kappa shape index (κ2) is 4.84. The van der Waals surface area contributed by atoms with Gasteiger partial charge in [0.15, 0.2) is 0 Å². The standard InChI is InChI=1S/C4H10N2S.HI/c1-7-4-5-2-3-6-4;/h4-6H,2-3H2,1H3;1H.